The molecule has 7 heteroatoms. The van der Waals surface area contributed by atoms with Gasteiger partial charge in [-0.25, -0.2) is 9.78 Å². The van der Waals surface area contributed by atoms with E-state index in [1.54, 1.807) is 13.0 Å². The van der Waals surface area contributed by atoms with Crippen molar-refractivity contribution in [1.29, 1.82) is 0 Å². The third-order valence-corrected chi connectivity index (χ3v) is 3.93. The largest absolute Gasteiger partial charge is 0.349 e. The highest BCUT2D eigenvalue weighted by Gasteiger charge is 2.17. The Hall–Kier alpha value is -2.44. The molecule has 0 aliphatic rings. The summed E-state index contributed by atoms with van der Waals surface area (Å²) in [6, 6.07) is 3.06. The summed E-state index contributed by atoms with van der Waals surface area (Å²) in [7, 11) is 0. The Morgan fingerprint density at radius 1 is 1.29 bits per heavy atom. The first-order chi connectivity index (χ1) is 11.4. The second kappa shape index (κ2) is 7.90. The van der Waals surface area contributed by atoms with Gasteiger partial charge in [0.2, 0.25) is 0 Å². The topological polar surface area (TPSA) is 92.7 Å². The smallest absolute Gasteiger partial charge is 0.264 e. The molecule has 2 N–H and O–H groups in total. The zero-order valence-electron chi connectivity index (χ0n) is 14.7. The molecule has 0 aliphatic heterocycles. The number of aromatic nitrogens is 4. The van der Waals surface area contributed by atoms with Crippen LogP contribution in [0, 0.1) is 12.8 Å². The van der Waals surface area contributed by atoms with Crippen LogP contribution in [0.3, 0.4) is 0 Å². The molecule has 130 valence electrons. The number of carbonyl (C=O) groups excluding carboxylic acids is 1. The maximum atomic E-state index is 12.4. The molecule has 0 spiro atoms. The Morgan fingerprint density at radius 2 is 2.04 bits per heavy atom. The molecule has 0 saturated heterocycles. The minimum absolute atomic E-state index is 0.116. The molecule has 1 unspecified atom stereocenters. The Balaban J connectivity index is 2.03. The number of nitrogens with zero attached hydrogens (tertiary/aromatic N) is 3. The van der Waals surface area contributed by atoms with Gasteiger partial charge in [0.1, 0.15) is 0 Å². The maximum Gasteiger partial charge on any atom is 0.264 e. The molecule has 24 heavy (non-hydrogen) atoms. The molecule has 2 aromatic heterocycles. The Kier molecular flexibility index (Phi) is 5.89. The molecule has 1 amide bonds. The fourth-order valence-corrected chi connectivity index (χ4v) is 2.52. The van der Waals surface area contributed by atoms with E-state index in [1.807, 2.05) is 6.92 Å². The average molecular weight is 331 g/mol. The van der Waals surface area contributed by atoms with Gasteiger partial charge in [-0.2, -0.15) is 10.2 Å². The predicted molar refractivity (Wildman–Crippen MR) is 92.3 cm³/mol. The quantitative estimate of drug-likeness (QED) is 0.813. The molecule has 0 aliphatic carbocycles. The van der Waals surface area contributed by atoms with Gasteiger partial charge in [-0.05, 0) is 32.3 Å². The molecular formula is C17H25N5O2. The van der Waals surface area contributed by atoms with E-state index in [-0.39, 0.29) is 17.5 Å². The molecule has 7 nitrogen and oxygen atoms in total. The van der Waals surface area contributed by atoms with Crippen molar-refractivity contribution in [3.05, 3.63) is 39.9 Å². The SMILES string of the molecule is Cc1c(C(=O)NC(C)CCCC(C)C)cnn1-c1ccc(=O)[nH]n1. The first kappa shape index (κ1) is 17.9. The lowest BCUT2D eigenvalue weighted by Crippen LogP contribution is -2.32. The van der Waals surface area contributed by atoms with Crippen LogP contribution in [0.25, 0.3) is 5.82 Å². The summed E-state index contributed by atoms with van der Waals surface area (Å²) in [5.41, 5.74) is 0.914. The van der Waals surface area contributed by atoms with Crippen molar-refractivity contribution in [2.75, 3.05) is 0 Å². The van der Waals surface area contributed by atoms with Crippen LogP contribution in [0.4, 0.5) is 0 Å². The van der Waals surface area contributed by atoms with Crippen LogP contribution >= 0.6 is 0 Å². The summed E-state index contributed by atoms with van der Waals surface area (Å²) < 4.78 is 1.54. The van der Waals surface area contributed by atoms with Crippen molar-refractivity contribution in [3.8, 4) is 5.82 Å². The van der Waals surface area contributed by atoms with E-state index in [1.165, 1.54) is 16.9 Å². The highest BCUT2D eigenvalue weighted by atomic mass is 16.1. The second-order valence-electron chi connectivity index (χ2n) is 6.53. The van der Waals surface area contributed by atoms with E-state index in [0.29, 0.717) is 23.0 Å². The summed E-state index contributed by atoms with van der Waals surface area (Å²) in [4.78, 5) is 23.5. The number of hydrogen-bond acceptors (Lipinski definition) is 4. The average Bonchev–Trinajstić information content (AvgIpc) is 2.89. The van der Waals surface area contributed by atoms with Crippen molar-refractivity contribution in [2.45, 2.75) is 53.0 Å². The summed E-state index contributed by atoms with van der Waals surface area (Å²) in [5.74, 6) is 1.01. The first-order valence-corrected chi connectivity index (χ1v) is 8.30. The Morgan fingerprint density at radius 3 is 2.67 bits per heavy atom. The van der Waals surface area contributed by atoms with E-state index in [2.05, 4.69) is 34.5 Å². The number of rotatable bonds is 7. The number of amides is 1. The van der Waals surface area contributed by atoms with Crippen LogP contribution in [-0.2, 0) is 0 Å². The third kappa shape index (κ3) is 4.53. The van der Waals surface area contributed by atoms with E-state index >= 15 is 0 Å². The summed E-state index contributed by atoms with van der Waals surface area (Å²) >= 11 is 0. The maximum absolute atomic E-state index is 12.4. The van der Waals surface area contributed by atoms with Gasteiger partial charge < -0.3 is 5.32 Å². The van der Waals surface area contributed by atoms with E-state index in [9.17, 15) is 9.59 Å². The lowest BCUT2D eigenvalue weighted by molar-refractivity contribution is 0.0937. The summed E-state index contributed by atoms with van der Waals surface area (Å²) in [5, 5.41) is 13.5. The highest BCUT2D eigenvalue weighted by Crippen LogP contribution is 2.13. The number of hydrogen-bond donors (Lipinski definition) is 2. The summed E-state index contributed by atoms with van der Waals surface area (Å²) in [6.45, 7) is 8.22. The van der Waals surface area contributed by atoms with E-state index < -0.39 is 0 Å². The lowest BCUT2D eigenvalue weighted by atomic mass is 10.0. The molecule has 1 atom stereocenters. The minimum Gasteiger partial charge on any atom is -0.349 e. The molecule has 0 saturated carbocycles. The zero-order chi connectivity index (χ0) is 17.7. The van der Waals surface area contributed by atoms with Crippen LogP contribution in [0.15, 0.2) is 23.1 Å². The van der Waals surface area contributed by atoms with Crippen LogP contribution in [0.2, 0.25) is 0 Å². The molecule has 2 aromatic rings. The van der Waals surface area contributed by atoms with Crippen molar-refractivity contribution in [2.24, 2.45) is 5.92 Å². The van der Waals surface area contributed by atoms with Crippen LogP contribution < -0.4 is 10.9 Å². The summed E-state index contributed by atoms with van der Waals surface area (Å²) in [6.07, 6.45) is 4.74. The molecule has 0 fully saturated rings. The van der Waals surface area contributed by atoms with Crippen LogP contribution in [0.5, 0.6) is 0 Å². The van der Waals surface area contributed by atoms with Gasteiger partial charge in [0.05, 0.1) is 17.5 Å². The monoisotopic (exact) mass is 331 g/mol. The van der Waals surface area contributed by atoms with Gasteiger partial charge in [0, 0.05) is 12.1 Å². The van der Waals surface area contributed by atoms with E-state index in [0.717, 1.165) is 19.3 Å². The Bertz CT molecular complexity index is 727. The molecular weight excluding hydrogens is 306 g/mol. The number of nitrogens with one attached hydrogen (secondary N) is 2. The van der Waals surface area contributed by atoms with Gasteiger partial charge in [-0.15, -0.1) is 0 Å². The predicted octanol–water partition coefficient (Wildman–Crippen LogP) is 2.21. The normalized spacial score (nSPS) is 12.4. The van der Waals surface area contributed by atoms with Gasteiger partial charge in [-0.3, -0.25) is 9.59 Å². The van der Waals surface area contributed by atoms with Crippen molar-refractivity contribution >= 4 is 5.91 Å². The fraction of sp³-hybridized carbons (Fsp3) is 0.529. The fourth-order valence-electron chi connectivity index (χ4n) is 2.52. The number of carbonyl (C=O) groups is 1. The lowest BCUT2D eigenvalue weighted by Gasteiger charge is -2.14. The first-order valence-electron chi connectivity index (χ1n) is 8.30. The van der Waals surface area contributed by atoms with Crippen molar-refractivity contribution in [1.82, 2.24) is 25.3 Å². The van der Waals surface area contributed by atoms with Crippen molar-refractivity contribution < 1.29 is 4.79 Å². The highest BCUT2D eigenvalue weighted by molar-refractivity contribution is 5.95. The number of aromatic amines is 1. The zero-order valence-corrected chi connectivity index (χ0v) is 14.7. The van der Waals surface area contributed by atoms with Crippen molar-refractivity contribution in [3.63, 3.8) is 0 Å². The third-order valence-electron chi connectivity index (χ3n) is 3.93. The van der Waals surface area contributed by atoms with Gasteiger partial charge in [0.25, 0.3) is 11.5 Å². The standard InChI is InChI=1S/C17H25N5O2/c1-11(2)6-5-7-12(3)19-17(24)14-10-18-22(13(14)4)15-8-9-16(23)21-20-15/h8-12H,5-7H2,1-4H3,(H,19,24)(H,21,23). The van der Waals surface area contributed by atoms with Crippen LogP contribution in [0.1, 0.15) is 56.1 Å². The van der Waals surface area contributed by atoms with E-state index in [4.69, 9.17) is 0 Å². The number of H-pyrrole nitrogens is 1. The molecule has 2 heterocycles. The molecule has 0 aromatic carbocycles. The van der Waals surface area contributed by atoms with Crippen LogP contribution in [-0.4, -0.2) is 31.9 Å². The molecule has 2 rings (SSSR count). The molecule has 0 radical (unpaired) electrons. The molecule has 0 bridgehead atoms. The second-order valence-corrected chi connectivity index (χ2v) is 6.53. The Labute approximate surface area is 141 Å². The van der Waals surface area contributed by atoms with Gasteiger partial charge in [-0.1, -0.05) is 26.7 Å². The minimum atomic E-state index is -0.281. The van der Waals surface area contributed by atoms with Gasteiger partial charge in [0.15, 0.2) is 5.82 Å². The van der Waals surface area contributed by atoms with Gasteiger partial charge >= 0.3 is 0 Å².